The number of aliphatic imine (C=N–C) groups is 1. The summed E-state index contributed by atoms with van der Waals surface area (Å²) in [6.45, 7) is -0.112. The molecule has 2 N–H and O–H groups in total. The molecule has 0 aromatic heterocycles. The summed E-state index contributed by atoms with van der Waals surface area (Å²) in [5.41, 5.74) is 1.23. The second kappa shape index (κ2) is 6.92. The fourth-order valence-electron chi connectivity index (χ4n) is 3.48. The van der Waals surface area contributed by atoms with Gasteiger partial charge in [0.05, 0.1) is 17.1 Å². The standard InChI is InChI=1S/C17H20F4N4S/c18-11-6-13(15-14(7-11)26-24-16(23-15)10-3-4-10)22-8-12-2-1-5-25(12)9-17(19,20)21/h6-7,10,12,22H,1-5,8-9H2,(H,23,24). The lowest BCUT2D eigenvalue weighted by Gasteiger charge is -2.27. The molecule has 1 atom stereocenters. The molecule has 9 heteroatoms. The molecule has 2 heterocycles. The monoisotopic (exact) mass is 388 g/mol. The maximum Gasteiger partial charge on any atom is 0.401 e. The summed E-state index contributed by atoms with van der Waals surface area (Å²) in [5.74, 6) is 0.951. The molecule has 142 valence electrons. The normalized spacial score (nSPS) is 23.4. The van der Waals surface area contributed by atoms with Crippen molar-refractivity contribution in [2.75, 3.05) is 25.0 Å². The zero-order valence-corrected chi connectivity index (χ0v) is 14.9. The van der Waals surface area contributed by atoms with Crippen LogP contribution in [0.3, 0.4) is 0 Å². The summed E-state index contributed by atoms with van der Waals surface area (Å²) < 4.78 is 55.2. The van der Waals surface area contributed by atoms with Gasteiger partial charge in [-0.3, -0.25) is 4.90 Å². The maximum absolute atomic E-state index is 13.9. The lowest BCUT2D eigenvalue weighted by molar-refractivity contribution is -0.147. The van der Waals surface area contributed by atoms with E-state index in [2.05, 4.69) is 15.0 Å². The number of likely N-dealkylation sites (tertiary alicyclic amines) is 1. The van der Waals surface area contributed by atoms with Gasteiger partial charge >= 0.3 is 6.18 Å². The van der Waals surface area contributed by atoms with E-state index in [4.69, 9.17) is 0 Å². The van der Waals surface area contributed by atoms with Crippen molar-refractivity contribution in [2.45, 2.75) is 42.8 Å². The molecule has 0 amide bonds. The molecule has 0 spiro atoms. The van der Waals surface area contributed by atoms with Crippen LogP contribution in [0, 0.1) is 11.7 Å². The van der Waals surface area contributed by atoms with Crippen molar-refractivity contribution in [1.29, 1.82) is 0 Å². The van der Waals surface area contributed by atoms with Gasteiger partial charge in [0, 0.05) is 18.5 Å². The second-order valence-electron chi connectivity index (χ2n) is 7.04. The first-order valence-corrected chi connectivity index (χ1v) is 9.60. The minimum Gasteiger partial charge on any atom is -0.382 e. The van der Waals surface area contributed by atoms with E-state index < -0.39 is 12.7 Å². The molecule has 0 radical (unpaired) electrons. The van der Waals surface area contributed by atoms with E-state index in [9.17, 15) is 17.6 Å². The highest BCUT2D eigenvalue weighted by atomic mass is 32.2. The lowest BCUT2D eigenvalue weighted by atomic mass is 10.2. The second-order valence-corrected chi connectivity index (χ2v) is 7.89. The number of rotatable bonds is 5. The Bertz CT molecular complexity index is 717. The van der Waals surface area contributed by atoms with Gasteiger partial charge in [0.2, 0.25) is 0 Å². The third-order valence-electron chi connectivity index (χ3n) is 4.91. The number of fused-ring (bicyclic) bond motifs is 1. The summed E-state index contributed by atoms with van der Waals surface area (Å²) in [6, 6.07) is 2.59. The highest BCUT2D eigenvalue weighted by Gasteiger charge is 2.36. The number of anilines is 1. The van der Waals surface area contributed by atoms with Crippen LogP contribution in [0.5, 0.6) is 0 Å². The van der Waals surface area contributed by atoms with Gasteiger partial charge in [-0.15, -0.1) is 0 Å². The molecule has 1 unspecified atom stereocenters. The van der Waals surface area contributed by atoms with Crippen LogP contribution < -0.4 is 10.0 Å². The zero-order valence-electron chi connectivity index (χ0n) is 14.1. The predicted octanol–water partition coefficient (Wildman–Crippen LogP) is 4.31. The molecule has 4 nitrogen and oxygen atoms in total. The first-order valence-electron chi connectivity index (χ1n) is 8.79. The van der Waals surface area contributed by atoms with Crippen molar-refractivity contribution in [1.82, 2.24) is 9.62 Å². The van der Waals surface area contributed by atoms with E-state index in [0.29, 0.717) is 41.7 Å². The third-order valence-corrected chi connectivity index (χ3v) is 5.75. The molecule has 4 rings (SSSR count). The molecule has 1 saturated carbocycles. The van der Waals surface area contributed by atoms with Crippen LogP contribution in [0.2, 0.25) is 0 Å². The summed E-state index contributed by atoms with van der Waals surface area (Å²) in [6.07, 6.45) is -0.562. The van der Waals surface area contributed by atoms with Crippen molar-refractivity contribution >= 4 is 29.2 Å². The topological polar surface area (TPSA) is 39.7 Å². The van der Waals surface area contributed by atoms with E-state index in [1.54, 1.807) is 0 Å². The van der Waals surface area contributed by atoms with Crippen LogP contribution >= 0.6 is 11.9 Å². The number of alkyl halides is 3. The van der Waals surface area contributed by atoms with Gasteiger partial charge in [-0.25, -0.2) is 9.38 Å². The molecule has 3 aliphatic rings. The Morgan fingerprint density at radius 1 is 1.27 bits per heavy atom. The summed E-state index contributed by atoms with van der Waals surface area (Å²) in [4.78, 5) is 6.78. The van der Waals surface area contributed by atoms with Crippen LogP contribution in [0.15, 0.2) is 22.0 Å². The van der Waals surface area contributed by atoms with E-state index in [1.165, 1.54) is 29.0 Å². The number of hydrogen-bond donors (Lipinski definition) is 2. The average Bonchev–Trinajstić information content (AvgIpc) is 3.33. The van der Waals surface area contributed by atoms with Crippen molar-refractivity contribution < 1.29 is 17.6 Å². The van der Waals surface area contributed by atoms with Crippen LogP contribution in [0.25, 0.3) is 0 Å². The Labute approximate surface area is 153 Å². The van der Waals surface area contributed by atoms with Gasteiger partial charge in [-0.2, -0.15) is 13.2 Å². The van der Waals surface area contributed by atoms with Gasteiger partial charge in [0.1, 0.15) is 17.3 Å². The van der Waals surface area contributed by atoms with Gasteiger partial charge in [0.15, 0.2) is 0 Å². The predicted molar refractivity (Wildman–Crippen MR) is 94.4 cm³/mol. The van der Waals surface area contributed by atoms with Gasteiger partial charge < -0.3 is 10.0 Å². The lowest BCUT2D eigenvalue weighted by Crippen LogP contribution is -2.41. The molecule has 1 aromatic rings. The molecule has 1 aliphatic carbocycles. The van der Waals surface area contributed by atoms with Crippen molar-refractivity contribution in [3.8, 4) is 0 Å². The molecular formula is C17H20F4N4S. The quantitative estimate of drug-likeness (QED) is 0.582. The van der Waals surface area contributed by atoms with Crippen LogP contribution in [-0.2, 0) is 0 Å². The Hall–Kier alpha value is -1.48. The number of amidine groups is 1. The summed E-state index contributed by atoms with van der Waals surface area (Å²) in [5, 5.41) is 3.15. The highest BCUT2D eigenvalue weighted by molar-refractivity contribution is 7.98. The fourth-order valence-corrected chi connectivity index (χ4v) is 4.33. The third kappa shape index (κ3) is 4.09. The number of nitrogens with one attached hydrogen (secondary N) is 2. The molecule has 1 saturated heterocycles. The van der Waals surface area contributed by atoms with Gasteiger partial charge in [-0.05, 0) is 56.3 Å². The fraction of sp³-hybridized carbons (Fsp3) is 0.588. The minimum atomic E-state index is -4.20. The Kier molecular flexibility index (Phi) is 4.77. The largest absolute Gasteiger partial charge is 0.401 e. The minimum absolute atomic E-state index is 0.211. The first-order chi connectivity index (χ1) is 12.4. The summed E-state index contributed by atoms with van der Waals surface area (Å²) >= 11 is 1.34. The number of halogens is 4. The molecule has 2 aliphatic heterocycles. The van der Waals surface area contributed by atoms with E-state index in [0.717, 1.165) is 25.1 Å². The van der Waals surface area contributed by atoms with Crippen molar-refractivity contribution in [3.05, 3.63) is 17.9 Å². The Morgan fingerprint density at radius 3 is 2.81 bits per heavy atom. The van der Waals surface area contributed by atoms with Crippen molar-refractivity contribution in [2.24, 2.45) is 10.9 Å². The van der Waals surface area contributed by atoms with Gasteiger partial charge in [-0.1, -0.05) is 0 Å². The van der Waals surface area contributed by atoms with Crippen LogP contribution in [0.1, 0.15) is 25.7 Å². The molecule has 1 aromatic carbocycles. The summed E-state index contributed by atoms with van der Waals surface area (Å²) in [7, 11) is 0. The van der Waals surface area contributed by atoms with Gasteiger partial charge in [0.25, 0.3) is 0 Å². The molecule has 0 bridgehead atoms. The van der Waals surface area contributed by atoms with E-state index in [-0.39, 0.29) is 11.9 Å². The SMILES string of the molecule is Fc1cc(NCC2CCCN2CC(F)(F)F)c2c(c1)SNC(C1CC1)=N2. The van der Waals surface area contributed by atoms with Crippen LogP contribution in [0.4, 0.5) is 28.9 Å². The molecular weight excluding hydrogens is 368 g/mol. The average molecular weight is 388 g/mol. The van der Waals surface area contributed by atoms with Crippen LogP contribution in [-0.4, -0.2) is 42.6 Å². The maximum atomic E-state index is 13.9. The highest BCUT2D eigenvalue weighted by Crippen LogP contribution is 2.42. The zero-order chi connectivity index (χ0) is 18.3. The first kappa shape index (κ1) is 17.9. The van der Waals surface area contributed by atoms with Crippen molar-refractivity contribution in [3.63, 3.8) is 0 Å². The molecule has 2 fully saturated rings. The Morgan fingerprint density at radius 2 is 2.08 bits per heavy atom. The number of nitrogens with zero attached hydrogens (tertiary/aromatic N) is 2. The number of hydrogen-bond acceptors (Lipinski definition) is 5. The smallest absolute Gasteiger partial charge is 0.382 e. The Balaban J connectivity index is 1.49. The van der Waals surface area contributed by atoms with E-state index >= 15 is 0 Å². The number of benzene rings is 1. The van der Waals surface area contributed by atoms with E-state index in [1.807, 2.05) is 0 Å². The molecule has 26 heavy (non-hydrogen) atoms.